The van der Waals surface area contributed by atoms with Crippen LogP contribution in [0.4, 0.5) is 5.69 Å². The van der Waals surface area contributed by atoms with Crippen LogP contribution >= 0.6 is 11.6 Å². The van der Waals surface area contributed by atoms with Gasteiger partial charge in [0.05, 0.1) is 12.1 Å². The molecule has 29 heavy (non-hydrogen) atoms. The van der Waals surface area contributed by atoms with E-state index in [0.717, 1.165) is 24.0 Å². The van der Waals surface area contributed by atoms with Gasteiger partial charge in [0.25, 0.3) is 5.91 Å². The van der Waals surface area contributed by atoms with Crippen molar-refractivity contribution in [3.63, 3.8) is 0 Å². The van der Waals surface area contributed by atoms with Crippen LogP contribution in [0.2, 0.25) is 5.15 Å². The predicted molar refractivity (Wildman–Crippen MR) is 114 cm³/mol. The van der Waals surface area contributed by atoms with Gasteiger partial charge in [-0.05, 0) is 42.5 Å². The number of anilines is 1. The van der Waals surface area contributed by atoms with Crippen molar-refractivity contribution in [3.05, 3.63) is 71.4 Å². The van der Waals surface area contributed by atoms with Crippen LogP contribution in [0.25, 0.3) is 10.9 Å². The summed E-state index contributed by atoms with van der Waals surface area (Å²) >= 11 is 5.89. The van der Waals surface area contributed by atoms with Gasteiger partial charge in [-0.1, -0.05) is 29.8 Å². The van der Waals surface area contributed by atoms with Crippen molar-refractivity contribution in [3.8, 4) is 0 Å². The fourth-order valence-electron chi connectivity index (χ4n) is 3.46. The maximum Gasteiger partial charge on any atom is 0.251 e. The molecule has 0 bridgehead atoms. The van der Waals surface area contributed by atoms with Crippen molar-refractivity contribution in [2.45, 2.75) is 0 Å². The third-order valence-corrected chi connectivity index (χ3v) is 5.28. The summed E-state index contributed by atoms with van der Waals surface area (Å²) in [5.41, 5.74) is 2.38. The molecule has 0 radical (unpaired) electrons. The number of para-hydroxylation sites is 1. The lowest BCUT2D eigenvalue weighted by atomic mass is 10.1. The standard InChI is InChI=1S/C22H21ClN4O2/c23-20-9-7-16-14-17(6-8-19(16)25-20)22(29)24-15-21(28)27-12-10-26(11-13-27)18-4-2-1-3-5-18/h1-9,14H,10-13,15H2,(H,24,29). The van der Waals surface area contributed by atoms with Crippen molar-refractivity contribution >= 4 is 40.0 Å². The third kappa shape index (κ3) is 4.49. The zero-order valence-electron chi connectivity index (χ0n) is 15.8. The molecule has 0 spiro atoms. The first-order valence-electron chi connectivity index (χ1n) is 9.52. The molecule has 1 aromatic heterocycles. The minimum atomic E-state index is -0.280. The zero-order chi connectivity index (χ0) is 20.2. The van der Waals surface area contributed by atoms with Gasteiger partial charge in [0, 0.05) is 42.8 Å². The molecule has 0 atom stereocenters. The summed E-state index contributed by atoms with van der Waals surface area (Å²) in [7, 11) is 0. The Kier molecular flexibility index (Phi) is 5.62. The van der Waals surface area contributed by atoms with Crippen molar-refractivity contribution in [1.82, 2.24) is 15.2 Å². The van der Waals surface area contributed by atoms with Gasteiger partial charge < -0.3 is 15.1 Å². The fourth-order valence-corrected chi connectivity index (χ4v) is 3.62. The number of hydrogen-bond donors (Lipinski definition) is 1. The van der Waals surface area contributed by atoms with Crippen LogP contribution in [0.3, 0.4) is 0 Å². The van der Waals surface area contributed by atoms with E-state index in [1.807, 2.05) is 24.3 Å². The van der Waals surface area contributed by atoms with Crippen LogP contribution in [-0.2, 0) is 4.79 Å². The molecule has 0 aliphatic carbocycles. The quantitative estimate of drug-likeness (QED) is 0.674. The maximum atomic E-state index is 12.5. The van der Waals surface area contributed by atoms with Gasteiger partial charge in [0.15, 0.2) is 0 Å². The van der Waals surface area contributed by atoms with Gasteiger partial charge in [-0.15, -0.1) is 0 Å². The lowest BCUT2D eigenvalue weighted by Gasteiger charge is -2.36. The highest BCUT2D eigenvalue weighted by Crippen LogP contribution is 2.17. The summed E-state index contributed by atoms with van der Waals surface area (Å²) in [4.78, 5) is 33.2. The van der Waals surface area contributed by atoms with Crippen LogP contribution in [0, 0.1) is 0 Å². The molecule has 1 aliphatic rings. The molecule has 2 aromatic carbocycles. The second-order valence-corrected chi connectivity index (χ2v) is 7.31. The molecule has 6 nitrogen and oxygen atoms in total. The number of nitrogens with one attached hydrogen (secondary N) is 1. The first-order valence-corrected chi connectivity index (χ1v) is 9.90. The van der Waals surface area contributed by atoms with Crippen LogP contribution in [0.1, 0.15) is 10.4 Å². The fraction of sp³-hybridized carbons (Fsp3) is 0.227. The van der Waals surface area contributed by atoms with Crippen molar-refractivity contribution in [1.29, 1.82) is 0 Å². The Morgan fingerprint density at radius 3 is 2.48 bits per heavy atom. The zero-order valence-corrected chi connectivity index (χ0v) is 16.6. The number of rotatable bonds is 4. The van der Waals surface area contributed by atoms with E-state index in [4.69, 9.17) is 11.6 Å². The van der Waals surface area contributed by atoms with E-state index in [0.29, 0.717) is 23.8 Å². The van der Waals surface area contributed by atoms with Gasteiger partial charge in [0.2, 0.25) is 5.91 Å². The van der Waals surface area contributed by atoms with Gasteiger partial charge in [-0.2, -0.15) is 0 Å². The van der Waals surface area contributed by atoms with Crippen LogP contribution in [0.5, 0.6) is 0 Å². The van der Waals surface area contributed by atoms with Crippen molar-refractivity contribution < 1.29 is 9.59 Å². The van der Waals surface area contributed by atoms with E-state index in [1.165, 1.54) is 5.69 Å². The van der Waals surface area contributed by atoms with E-state index in [9.17, 15) is 9.59 Å². The average molecular weight is 409 g/mol. The molecule has 7 heteroatoms. The Morgan fingerprint density at radius 2 is 1.72 bits per heavy atom. The second kappa shape index (κ2) is 8.49. The van der Waals surface area contributed by atoms with Crippen LogP contribution in [-0.4, -0.2) is 54.4 Å². The van der Waals surface area contributed by atoms with Crippen molar-refractivity contribution in [2.75, 3.05) is 37.6 Å². The summed E-state index contributed by atoms with van der Waals surface area (Å²) in [6.07, 6.45) is 0. The first-order chi connectivity index (χ1) is 14.1. The molecule has 0 unspecified atom stereocenters. The maximum absolute atomic E-state index is 12.5. The summed E-state index contributed by atoms with van der Waals surface area (Å²) in [6, 6.07) is 18.9. The highest BCUT2D eigenvalue weighted by Gasteiger charge is 2.21. The number of halogens is 1. The van der Waals surface area contributed by atoms with Gasteiger partial charge in [-0.3, -0.25) is 9.59 Å². The SMILES string of the molecule is O=C(NCC(=O)N1CCN(c2ccccc2)CC1)c1ccc2nc(Cl)ccc2c1. The largest absolute Gasteiger partial charge is 0.368 e. The number of aromatic nitrogens is 1. The molecular weight excluding hydrogens is 388 g/mol. The smallest absolute Gasteiger partial charge is 0.251 e. The molecule has 2 amide bonds. The number of benzene rings is 2. The number of pyridine rings is 1. The monoisotopic (exact) mass is 408 g/mol. The van der Waals surface area contributed by atoms with Crippen LogP contribution < -0.4 is 10.2 Å². The van der Waals surface area contributed by atoms with Crippen LogP contribution in [0.15, 0.2) is 60.7 Å². The Morgan fingerprint density at radius 1 is 0.966 bits per heavy atom. The minimum absolute atomic E-state index is 0.0128. The topological polar surface area (TPSA) is 65.5 Å². The van der Waals surface area contributed by atoms with E-state index in [2.05, 4.69) is 27.3 Å². The molecule has 1 N–H and O–H groups in total. The number of piperazine rings is 1. The highest BCUT2D eigenvalue weighted by molar-refractivity contribution is 6.29. The second-order valence-electron chi connectivity index (χ2n) is 6.93. The Hall–Kier alpha value is -3.12. The minimum Gasteiger partial charge on any atom is -0.368 e. The molecule has 0 saturated carbocycles. The van der Waals surface area contributed by atoms with Gasteiger partial charge in [-0.25, -0.2) is 4.98 Å². The van der Waals surface area contributed by atoms with E-state index < -0.39 is 0 Å². The molecule has 1 fully saturated rings. The molecule has 3 aromatic rings. The highest BCUT2D eigenvalue weighted by atomic mass is 35.5. The third-order valence-electron chi connectivity index (χ3n) is 5.07. The summed E-state index contributed by atoms with van der Waals surface area (Å²) in [5.74, 6) is -0.349. The number of nitrogens with zero attached hydrogens (tertiary/aromatic N) is 3. The summed E-state index contributed by atoms with van der Waals surface area (Å²) in [5, 5.41) is 3.96. The average Bonchev–Trinajstić information content (AvgIpc) is 2.77. The molecule has 1 saturated heterocycles. The Bertz CT molecular complexity index is 1030. The lowest BCUT2D eigenvalue weighted by Crippen LogP contribution is -2.51. The summed E-state index contributed by atoms with van der Waals surface area (Å²) < 4.78 is 0. The van der Waals surface area contributed by atoms with Crippen molar-refractivity contribution in [2.24, 2.45) is 0 Å². The molecule has 2 heterocycles. The molecular formula is C22H21ClN4O2. The van der Waals surface area contributed by atoms with E-state index >= 15 is 0 Å². The molecule has 4 rings (SSSR count). The number of hydrogen-bond acceptors (Lipinski definition) is 4. The number of carbonyl (C=O) groups is 2. The normalized spacial score (nSPS) is 14.1. The first kappa shape index (κ1) is 19.2. The van der Waals surface area contributed by atoms with E-state index in [1.54, 1.807) is 29.2 Å². The number of carbonyl (C=O) groups excluding carboxylic acids is 2. The van der Waals surface area contributed by atoms with Gasteiger partial charge in [0.1, 0.15) is 5.15 Å². The Labute approximate surface area is 174 Å². The number of amides is 2. The van der Waals surface area contributed by atoms with Gasteiger partial charge >= 0.3 is 0 Å². The number of fused-ring (bicyclic) bond motifs is 1. The lowest BCUT2D eigenvalue weighted by molar-refractivity contribution is -0.130. The molecule has 1 aliphatic heterocycles. The summed E-state index contributed by atoms with van der Waals surface area (Å²) in [6.45, 7) is 2.84. The molecule has 148 valence electrons. The van der Waals surface area contributed by atoms with E-state index in [-0.39, 0.29) is 18.4 Å². The predicted octanol–water partition coefficient (Wildman–Crippen LogP) is 2.97. The Balaban J connectivity index is 1.30.